The summed E-state index contributed by atoms with van der Waals surface area (Å²) in [5, 5.41) is 12.2. The Labute approximate surface area is 188 Å². The van der Waals surface area contributed by atoms with Crippen LogP contribution in [0.2, 0.25) is 15.1 Å². The maximum Gasteiger partial charge on any atom is 0.295 e. The number of Topliss-reactive ketones (excluding diaryl/α,β-unsaturated/α-hetero) is 1. The van der Waals surface area contributed by atoms with Crippen molar-refractivity contribution in [2.75, 3.05) is 13.2 Å². The molecule has 156 valence electrons. The molecule has 2 heterocycles. The van der Waals surface area contributed by atoms with Gasteiger partial charge in [0.1, 0.15) is 5.76 Å². The molecule has 2 saturated heterocycles. The van der Waals surface area contributed by atoms with Gasteiger partial charge in [0.05, 0.1) is 17.7 Å². The molecule has 2 atom stereocenters. The lowest BCUT2D eigenvalue weighted by Crippen LogP contribution is -2.36. The molecule has 4 rings (SSSR count). The first kappa shape index (κ1) is 21.2. The fraction of sp³-hybridized carbons (Fsp3) is 0.273. The number of amides is 1. The quantitative estimate of drug-likeness (QED) is 0.380. The molecule has 2 aromatic carbocycles. The minimum absolute atomic E-state index is 0.0236. The fourth-order valence-corrected chi connectivity index (χ4v) is 4.52. The van der Waals surface area contributed by atoms with E-state index in [-0.39, 0.29) is 24.0 Å². The topological polar surface area (TPSA) is 66.8 Å². The highest BCUT2D eigenvalue weighted by atomic mass is 35.5. The van der Waals surface area contributed by atoms with Gasteiger partial charge >= 0.3 is 0 Å². The molecule has 1 N–H and O–H groups in total. The number of hydrogen-bond acceptors (Lipinski definition) is 4. The number of benzene rings is 2. The Morgan fingerprint density at radius 2 is 1.77 bits per heavy atom. The van der Waals surface area contributed by atoms with Gasteiger partial charge in [0.15, 0.2) is 0 Å². The third-order valence-corrected chi connectivity index (χ3v) is 6.15. The van der Waals surface area contributed by atoms with Crippen LogP contribution in [0.4, 0.5) is 0 Å². The van der Waals surface area contributed by atoms with E-state index in [2.05, 4.69) is 0 Å². The SMILES string of the molecule is O=C1C(=O)N(C[C@H]2CCCO2)[C@H](c2ccc(Cl)cc2Cl)C1=C(O)c1ccc(Cl)cc1. The Kier molecular flexibility index (Phi) is 6.07. The average Bonchev–Trinajstić information content (AvgIpc) is 3.31. The van der Waals surface area contributed by atoms with Crippen LogP contribution < -0.4 is 0 Å². The van der Waals surface area contributed by atoms with E-state index in [1.54, 1.807) is 42.5 Å². The van der Waals surface area contributed by atoms with E-state index in [4.69, 9.17) is 39.5 Å². The molecule has 0 radical (unpaired) electrons. The van der Waals surface area contributed by atoms with Gasteiger partial charge in [-0.3, -0.25) is 9.59 Å². The largest absolute Gasteiger partial charge is 0.507 e. The highest BCUT2D eigenvalue weighted by molar-refractivity contribution is 6.47. The third kappa shape index (κ3) is 3.95. The first-order chi connectivity index (χ1) is 14.4. The maximum atomic E-state index is 13.0. The predicted molar refractivity (Wildman–Crippen MR) is 116 cm³/mol. The molecule has 8 heteroatoms. The summed E-state index contributed by atoms with van der Waals surface area (Å²) in [5.74, 6) is -1.75. The molecule has 2 fully saturated rings. The third-order valence-electron chi connectivity index (χ3n) is 5.34. The van der Waals surface area contributed by atoms with E-state index in [9.17, 15) is 14.7 Å². The van der Waals surface area contributed by atoms with Crippen LogP contribution in [0.15, 0.2) is 48.0 Å². The van der Waals surface area contributed by atoms with Crippen LogP contribution in [0.1, 0.15) is 30.0 Å². The number of halogens is 3. The van der Waals surface area contributed by atoms with Crippen molar-refractivity contribution in [3.63, 3.8) is 0 Å². The van der Waals surface area contributed by atoms with Crippen molar-refractivity contribution in [3.8, 4) is 0 Å². The van der Waals surface area contributed by atoms with Gasteiger partial charge in [-0.15, -0.1) is 0 Å². The van der Waals surface area contributed by atoms with Crippen LogP contribution >= 0.6 is 34.8 Å². The number of ether oxygens (including phenoxy) is 1. The lowest BCUT2D eigenvalue weighted by atomic mass is 9.95. The van der Waals surface area contributed by atoms with E-state index in [0.717, 1.165) is 12.8 Å². The minimum Gasteiger partial charge on any atom is -0.507 e. The number of aliphatic hydroxyl groups is 1. The molecule has 1 amide bonds. The molecule has 0 aromatic heterocycles. The second kappa shape index (κ2) is 8.60. The number of ketones is 1. The molecular weight excluding hydrogens is 449 g/mol. The lowest BCUT2D eigenvalue weighted by Gasteiger charge is -2.28. The molecule has 2 aliphatic rings. The first-order valence-electron chi connectivity index (χ1n) is 9.47. The Hall–Kier alpha value is -2.05. The number of rotatable bonds is 4. The van der Waals surface area contributed by atoms with Gasteiger partial charge < -0.3 is 14.7 Å². The van der Waals surface area contributed by atoms with Crippen LogP contribution in [-0.4, -0.2) is 41.0 Å². The van der Waals surface area contributed by atoms with Gasteiger partial charge in [0.25, 0.3) is 11.7 Å². The number of likely N-dealkylation sites (tertiary alicyclic amines) is 1. The zero-order chi connectivity index (χ0) is 21.4. The Morgan fingerprint density at radius 3 is 2.40 bits per heavy atom. The fourth-order valence-electron chi connectivity index (χ4n) is 3.89. The van der Waals surface area contributed by atoms with Crippen molar-refractivity contribution < 1.29 is 19.4 Å². The molecule has 2 aliphatic heterocycles. The van der Waals surface area contributed by atoms with E-state index >= 15 is 0 Å². The van der Waals surface area contributed by atoms with Gasteiger partial charge in [0, 0.05) is 33.8 Å². The van der Waals surface area contributed by atoms with Crippen LogP contribution in [-0.2, 0) is 14.3 Å². The molecule has 0 bridgehead atoms. The minimum atomic E-state index is -0.852. The van der Waals surface area contributed by atoms with E-state index in [1.807, 2.05) is 0 Å². The summed E-state index contributed by atoms with van der Waals surface area (Å²) in [6.45, 7) is 0.845. The number of nitrogens with zero attached hydrogens (tertiary/aromatic N) is 1. The molecule has 5 nitrogen and oxygen atoms in total. The second-order valence-electron chi connectivity index (χ2n) is 7.26. The van der Waals surface area contributed by atoms with Gasteiger partial charge in [-0.2, -0.15) is 0 Å². The van der Waals surface area contributed by atoms with Crippen molar-refractivity contribution in [3.05, 3.63) is 74.2 Å². The molecule has 0 unspecified atom stereocenters. The standard InChI is InChI=1S/C22H18Cl3NO4/c23-13-5-3-12(4-6-13)20(27)18-19(16-8-7-14(24)10-17(16)25)26(22(29)21(18)28)11-15-2-1-9-30-15/h3-8,10,15,19,27H,1-2,9,11H2/t15-,19-/m1/s1. The first-order valence-corrected chi connectivity index (χ1v) is 10.6. The number of carbonyl (C=O) groups excluding carboxylic acids is 2. The summed E-state index contributed by atoms with van der Waals surface area (Å²) in [6, 6.07) is 10.4. The second-order valence-corrected chi connectivity index (χ2v) is 8.54. The van der Waals surface area contributed by atoms with Crippen molar-refractivity contribution >= 4 is 52.3 Å². The van der Waals surface area contributed by atoms with Gasteiger partial charge in [-0.25, -0.2) is 0 Å². The number of aliphatic hydroxyl groups excluding tert-OH is 1. The summed E-state index contributed by atoms with van der Waals surface area (Å²) in [6.07, 6.45) is 1.51. The van der Waals surface area contributed by atoms with Crippen molar-refractivity contribution in [2.24, 2.45) is 0 Å². The van der Waals surface area contributed by atoms with E-state index < -0.39 is 17.7 Å². The Balaban J connectivity index is 1.85. The summed E-state index contributed by atoms with van der Waals surface area (Å²) >= 11 is 18.4. The van der Waals surface area contributed by atoms with Crippen LogP contribution in [0.5, 0.6) is 0 Å². The average molecular weight is 467 g/mol. The zero-order valence-electron chi connectivity index (χ0n) is 15.8. The van der Waals surface area contributed by atoms with Crippen LogP contribution in [0, 0.1) is 0 Å². The molecule has 0 spiro atoms. The normalized spacial score (nSPS) is 23.4. The van der Waals surface area contributed by atoms with Crippen molar-refractivity contribution in [1.29, 1.82) is 0 Å². The van der Waals surface area contributed by atoms with Crippen molar-refractivity contribution in [2.45, 2.75) is 25.0 Å². The van der Waals surface area contributed by atoms with Crippen LogP contribution in [0.25, 0.3) is 5.76 Å². The summed E-state index contributed by atoms with van der Waals surface area (Å²) in [5.41, 5.74) is 0.864. The molecule has 2 aromatic rings. The summed E-state index contributed by atoms with van der Waals surface area (Å²) in [4.78, 5) is 27.4. The highest BCUT2D eigenvalue weighted by Crippen LogP contribution is 2.43. The highest BCUT2D eigenvalue weighted by Gasteiger charge is 2.47. The lowest BCUT2D eigenvalue weighted by molar-refractivity contribution is -0.140. The smallest absolute Gasteiger partial charge is 0.295 e. The molecule has 0 saturated carbocycles. The number of hydrogen-bond donors (Lipinski definition) is 1. The zero-order valence-corrected chi connectivity index (χ0v) is 18.0. The molecule has 0 aliphatic carbocycles. The van der Waals surface area contributed by atoms with Gasteiger partial charge in [-0.1, -0.05) is 40.9 Å². The monoisotopic (exact) mass is 465 g/mol. The van der Waals surface area contributed by atoms with Crippen LogP contribution in [0.3, 0.4) is 0 Å². The number of carbonyl (C=O) groups is 2. The predicted octanol–water partition coefficient (Wildman–Crippen LogP) is 5.25. The van der Waals surface area contributed by atoms with E-state index in [0.29, 0.717) is 32.8 Å². The van der Waals surface area contributed by atoms with Gasteiger partial charge in [-0.05, 0) is 54.8 Å². The van der Waals surface area contributed by atoms with E-state index in [1.165, 1.54) is 4.90 Å². The Bertz CT molecular complexity index is 1030. The summed E-state index contributed by atoms with van der Waals surface area (Å²) < 4.78 is 5.67. The molecular formula is C22H18Cl3NO4. The van der Waals surface area contributed by atoms with Gasteiger partial charge in [0.2, 0.25) is 0 Å². The van der Waals surface area contributed by atoms with Crippen molar-refractivity contribution in [1.82, 2.24) is 4.90 Å². The molecule has 30 heavy (non-hydrogen) atoms. The summed E-state index contributed by atoms with van der Waals surface area (Å²) in [7, 11) is 0. The Morgan fingerprint density at radius 1 is 1.07 bits per heavy atom. The maximum absolute atomic E-state index is 13.0.